The third kappa shape index (κ3) is 3.71. The molecule has 0 spiro atoms. The molecule has 3 atom stereocenters. The lowest BCUT2D eigenvalue weighted by atomic mass is 11.3. The summed E-state index contributed by atoms with van der Waals surface area (Å²) in [5, 5.41) is 0. The Kier molecular flexibility index (Phi) is 4.89. The zero-order valence-corrected chi connectivity index (χ0v) is 15.7. The Labute approximate surface area is 115 Å². The van der Waals surface area contributed by atoms with Crippen molar-refractivity contribution in [2.24, 2.45) is 0 Å². The van der Waals surface area contributed by atoms with E-state index in [2.05, 4.69) is 19.7 Å². The Morgan fingerprint density at radius 3 is 1.72 bits per heavy atom. The Bertz CT molecular complexity index is 342. The van der Waals surface area contributed by atoms with Crippen LogP contribution in [0.1, 0.15) is 0 Å². The van der Waals surface area contributed by atoms with E-state index in [0.717, 1.165) is 0 Å². The minimum Gasteiger partial charge on any atom is -0.416 e. The molecule has 18 heavy (non-hydrogen) atoms. The van der Waals surface area contributed by atoms with Crippen LogP contribution in [0.4, 0.5) is 0 Å². The fourth-order valence-corrected chi connectivity index (χ4v) is 18.2. The fraction of sp³-hybridized carbons (Fsp3) is 0.400. The van der Waals surface area contributed by atoms with Crippen molar-refractivity contribution in [3.63, 3.8) is 0 Å². The van der Waals surface area contributed by atoms with Gasteiger partial charge in [-0.25, -0.2) is 0 Å². The van der Waals surface area contributed by atoms with Gasteiger partial charge in [0.15, 0.2) is 9.04 Å². The molecule has 0 aromatic rings. The first-order chi connectivity index (χ1) is 8.20. The van der Waals surface area contributed by atoms with Gasteiger partial charge in [-0.3, -0.25) is 0 Å². The molecule has 1 heterocycles. The van der Waals surface area contributed by atoms with Crippen LogP contribution in [0.15, 0.2) is 36.8 Å². The summed E-state index contributed by atoms with van der Waals surface area (Å²) in [4.78, 5) is 0. The first kappa shape index (κ1) is 16.0. The molecule has 102 valence electrons. The molecule has 3 unspecified atom stereocenters. The van der Waals surface area contributed by atoms with Crippen LogP contribution in [0, 0.1) is 0 Å². The summed E-state index contributed by atoms with van der Waals surface area (Å²) < 4.78 is 24.1. The smallest absolute Gasteiger partial charge is 0.416 e. The van der Waals surface area contributed by atoms with Crippen molar-refractivity contribution < 1.29 is 16.5 Å². The van der Waals surface area contributed by atoms with E-state index in [-0.39, 0.29) is 0 Å². The van der Waals surface area contributed by atoms with Crippen LogP contribution >= 0.6 is 0 Å². The van der Waals surface area contributed by atoms with Gasteiger partial charge in [0.25, 0.3) is 0 Å². The van der Waals surface area contributed by atoms with E-state index in [1.54, 1.807) is 11.4 Å². The third-order valence-corrected chi connectivity index (χ3v) is 17.5. The van der Waals surface area contributed by atoms with Crippen molar-refractivity contribution in [2.45, 2.75) is 26.2 Å². The lowest BCUT2D eigenvalue weighted by molar-refractivity contribution is 0.180. The second-order valence-corrected chi connectivity index (χ2v) is 16.5. The van der Waals surface area contributed by atoms with E-state index in [9.17, 15) is 0 Å². The zero-order chi connectivity index (χ0) is 14.0. The molecule has 0 amide bonds. The molecule has 0 radical (unpaired) electrons. The van der Waals surface area contributed by atoms with Crippen LogP contribution in [0.5, 0.6) is 0 Å². The molecule has 1 saturated heterocycles. The number of hydrogen-bond acceptors (Lipinski definition) is 4. The average molecular weight is 319 g/mol. The SMILES string of the molecule is C=C[SiH](C)O[Si]1(C)O[Si](C)(C=C)O[Si](C)(C=C)O1. The Morgan fingerprint density at radius 1 is 0.944 bits per heavy atom. The monoisotopic (exact) mass is 318 g/mol. The van der Waals surface area contributed by atoms with E-state index in [0.29, 0.717) is 0 Å². The van der Waals surface area contributed by atoms with Crippen molar-refractivity contribution in [2.75, 3.05) is 0 Å². The van der Waals surface area contributed by atoms with Gasteiger partial charge in [-0.2, -0.15) is 0 Å². The Morgan fingerprint density at radius 2 is 1.39 bits per heavy atom. The van der Waals surface area contributed by atoms with Crippen LogP contribution in [-0.4, -0.2) is 35.0 Å². The number of hydrogen-bond donors (Lipinski definition) is 0. The highest BCUT2D eigenvalue weighted by atomic mass is 28.5. The molecule has 0 bridgehead atoms. The lowest BCUT2D eigenvalue weighted by Crippen LogP contribution is -2.68. The van der Waals surface area contributed by atoms with Crippen LogP contribution in [0.25, 0.3) is 0 Å². The predicted molar refractivity (Wildman–Crippen MR) is 82.8 cm³/mol. The summed E-state index contributed by atoms with van der Waals surface area (Å²) in [6, 6.07) is 0. The molecule has 0 aromatic carbocycles. The molecule has 0 aromatic heterocycles. The van der Waals surface area contributed by atoms with E-state index < -0.39 is 35.0 Å². The molecule has 4 nitrogen and oxygen atoms in total. The van der Waals surface area contributed by atoms with E-state index in [4.69, 9.17) is 16.5 Å². The molecular formula is C10H22O4Si4. The summed E-state index contributed by atoms with van der Waals surface area (Å²) in [5.74, 6) is 0. The standard InChI is InChI=1S/C10H22O4Si4/c1-8-15(4)11-18(7)13-16(5,9-2)12-17(6,10-3)14-18/h8-10,15H,1-3H2,4-7H3. The molecule has 1 aliphatic rings. The molecule has 0 saturated carbocycles. The van der Waals surface area contributed by atoms with Gasteiger partial charge >= 0.3 is 25.9 Å². The minimum atomic E-state index is -2.69. The van der Waals surface area contributed by atoms with Crippen molar-refractivity contribution in [1.29, 1.82) is 0 Å². The van der Waals surface area contributed by atoms with Crippen molar-refractivity contribution in [1.82, 2.24) is 0 Å². The summed E-state index contributed by atoms with van der Waals surface area (Å²) in [5.41, 5.74) is 5.41. The summed E-state index contributed by atoms with van der Waals surface area (Å²) in [6.07, 6.45) is 0. The highest BCUT2D eigenvalue weighted by Crippen LogP contribution is 2.32. The quantitative estimate of drug-likeness (QED) is 0.729. The van der Waals surface area contributed by atoms with Crippen molar-refractivity contribution >= 4 is 35.0 Å². The lowest BCUT2D eigenvalue weighted by Gasteiger charge is -2.47. The van der Waals surface area contributed by atoms with E-state index >= 15 is 0 Å². The van der Waals surface area contributed by atoms with Gasteiger partial charge in [0.05, 0.1) is 0 Å². The van der Waals surface area contributed by atoms with Crippen LogP contribution in [-0.2, 0) is 16.5 Å². The molecule has 0 aliphatic carbocycles. The van der Waals surface area contributed by atoms with Crippen molar-refractivity contribution in [3.05, 3.63) is 36.8 Å². The number of rotatable bonds is 5. The Hall–Kier alpha value is -0.0725. The largest absolute Gasteiger partial charge is 0.469 e. The summed E-state index contributed by atoms with van der Waals surface area (Å²) in [6.45, 7) is 19.3. The van der Waals surface area contributed by atoms with E-state index in [1.165, 1.54) is 0 Å². The molecule has 0 N–H and O–H groups in total. The average Bonchev–Trinajstić information content (AvgIpc) is 2.26. The second-order valence-electron chi connectivity index (χ2n) is 4.67. The third-order valence-electron chi connectivity index (χ3n) is 2.65. The zero-order valence-electron chi connectivity index (χ0n) is 11.6. The topological polar surface area (TPSA) is 36.9 Å². The van der Waals surface area contributed by atoms with Crippen LogP contribution in [0.2, 0.25) is 26.2 Å². The predicted octanol–water partition coefficient (Wildman–Crippen LogP) is 2.31. The normalized spacial score (nSPS) is 42.0. The van der Waals surface area contributed by atoms with Crippen LogP contribution < -0.4 is 0 Å². The Balaban J connectivity index is 3.01. The van der Waals surface area contributed by atoms with Gasteiger partial charge in [-0.15, -0.1) is 19.7 Å². The minimum absolute atomic E-state index is 1.46. The first-order valence-electron chi connectivity index (χ1n) is 5.88. The van der Waals surface area contributed by atoms with Gasteiger partial charge in [0.1, 0.15) is 0 Å². The van der Waals surface area contributed by atoms with Gasteiger partial charge in [-0.1, -0.05) is 17.1 Å². The van der Waals surface area contributed by atoms with E-state index in [1.807, 2.05) is 31.9 Å². The summed E-state index contributed by atoms with van der Waals surface area (Å²) >= 11 is 0. The van der Waals surface area contributed by atoms with Gasteiger partial charge in [0, 0.05) is 6.55 Å². The summed E-state index contributed by atoms with van der Waals surface area (Å²) in [7, 11) is -9.01. The highest BCUT2D eigenvalue weighted by Gasteiger charge is 2.56. The molecule has 1 fully saturated rings. The maximum atomic E-state index is 6.05. The molecule has 1 rings (SSSR count). The van der Waals surface area contributed by atoms with Gasteiger partial charge < -0.3 is 16.5 Å². The first-order valence-corrected chi connectivity index (χ1v) is 15.2. The molecular weight excluding hydrogens is 296 g/mol. The molecule has 1 aliphatic heterocycles. The van der Waals surface area contributed by atoms with Gasteiger partial charge in [-0.05, 0) is 19.6 Å². The van der Waals surface area contributed by atoms with Crippen LogP contribution in [0.3, 0.4) is 0 Å². The van der Waals surface area contributed by atoms with Gasteiger partial charge in [0.2, 0.25) is 0 Å². The second kappa shape index (κ2) is 5.51. The molecule has 8 heteroatoms. The van der Waals surface area contributed by atoms with Crippen molar-refractivity contribution in [3.8, 4) is 0 Å². The highest BCUT2D eigenvalue weighted by molar-refractivity contribution is 6.96. The fourth-order valence-electron chi connectivity index (χ4n) is 1.80. The maximum absolute atomic E-state index is 6.05. The maximum Gasteiger partial charge on any atom is 0.469 e.